The van der Waals surface area contributed by atoms with Gasteiger partial charge in [0.1, 0.15) is 5.41 Å². The molecule has 0 aromatic carbocycles. The Morgan fingerprint density at radius 1 is 1.67 bits per heavy atom. The van der Waals surface area contributed by atoms with E-state index in [1.165, 1.54) is 0 Å². The van der Waals surface area contributed by atoms with Crippen molar-refractivity contribution in [3.63, 3.8) is 0 Å². The number of methoxy groups -OCH3 is 1. The second-order valence-electron chi connectivity index (χ2n) is 4.32. The topological polar surface area (TPSA) is 62.1 Å². The molecule has 0 heterocycles. The number of nitrogens with one attached hydrogen (secondary N) is 1. The summed E-state index contributed by atoms with van der Waals surface area (Å²) in [6.07, 6.45) is 2.39. The number of ether oxygens (including phenoxy) is 1. The highest BCUT2D eigenvalue weighted by Gasteiger charge is 2.44. The van der Waals surface area contributed by atoms with Crippen LogP contribution in [-0.2, 0) is 9.53 Å². The molecule has 0 radical (unpaired) electrons. The zero-order valence-electron chi connectivity index (χ0n) is 9.38. The molecule has 1 N–H and O–H groups in total. The van der Waals surface area contributed by atoms with Gasteiger partial charge in [0.2, 0.25) is 5.91 Å². The lowest BCUT2D eigenvalue weighted by atomic mass is 9.69. The first-order valence-corrected chi connectivity index (χ1v) is 5.33. The molecule has 15 heavy (non-hydrogen) atoms. The van der Waals surface area contributed by atoms with Crippen LogP contribution < -0.4 is 5.32 Å². The highest BCUT2D eigenvalue weighted by atomic mass is 16.5. The minimum Gasteiger partial charge on any atom is -0.384 e. The van der Waals surface area contributed by atoms with Gasteiger partial charge >= 0.3 is 0 Å². The predicted octanol–water partition coefficient (Wildman–Crippen LogP) is 1.08. The second-order valence-corrected chi connectivity index (χ2v) is 4.32. The van der Waals surface area contributed by atoms with Crippen LogP contribution in [-0.4, -0.2) is 26.2 Å². The molecule has 84 valence electrons. The van der Waals surface area contributed by atoms with Crippen LogP contribution >= 0.6 is 0 Å². The van der Waals surface area contributed by atoms with Gasteiger partial charge in [0.25, 0.3) is 0 Å². The smallest absolute Gasteiger partial charge is 0.240 e. The molecule has 1 aliphatic rings. The molecule has 1 rings (SSSR count). The van der Waals surface area contributed by atoms with E-state index in [2.05, 4.69) is 11.4 Å². The molecule has 0 aromatic rings. The summed E-state index contributed by atoms with van der Waals surface area (Å²) < 4.78 is 4.97. The molecule has 4 nitrogen and oxygen atoms in total. The number of carbonyl (C=O) groups excluding carboxylic acids is 1. The zero-order valence-corrected chi connectivity index (χ0v) is 9.38. The van der Waals surface area contributed by atoms with E-state index in [0.717, 1.165) is 6.42 Å². The van der Waals surface area contributed by atoms with Gasteiger partial charge in [0.05, 0.1) is 12.7 Å². The van der Waals surface area contributed by atoms with Gasteiger partial charge in [0.15, 0.2) is 0 Å². The highest BCUT2D eigenvalue weighted by molar-refractivity contribution is 5.86. The Hall–Kier alpha value is -1.08. The Bertz CT molecular complexity index is 266. The zero-order chi connectivity index (χ0) is 11.3. The van der Waals surface area contributed by atoms with Crippen LogP contribution in [0.3, 0.4) is 0 Å². The van der Waals surface area contributed by atoms with E-state index in [-0.39, 0.29) is 11.8 Å². The standard InChI is InChI=1S/C11H18N2O2/c1-9(7-15-2)6-13-10(14)11(8-12)4-3-5-11/h9H,3-7H2,1-2H3,(H,13,14). The Kier molecular flexibility index (Phi) is 4.10. The summed E-state index contributed by atoms with van der Waals surface area (Å²) in [6.45, 7) is 3.21. The first-order valence-electron chi connectivity index (χ1n) is 5.33. The molecule has 0 bridgehead atoms. The molecular formula is C11H18N2O2. The summed E-state index contributed by atoms with van der Waals surface area (Å²) in [5.74, 6) is 0.175. The number of hydrogen-bond donors (Lipinski definition) is 1. The number of rotatable bonds is 5. The molecule has 1 amide bonds. The fourth-order valence-electron chi connectivity index (χ4n) is 1.70. The molecular weight excluding hydrogens is 192 g/mol. The Morgan fingerprint density at radius 3 is 2.73 bits per heavy atom. The molecule has 4 heteroatoms. The first kappa shape index (κ1) is 12.0. The van der Waals surface area contributed by atoms with Crippen molar-refractivity contribution in [2.45, 2.75) is 26.2 Å². The van der Waals surface area contributed by atoms with Gasteiger partial charge in [0, 0.05) is 13.7 Å². The SMILES string of the molecule is COCC(C)CNC(=O)C1(C#N)CCC1. The molecule has 1 aliphatic carbocycles. The molecule has 0 spiro atoms. The van der Waals surface area contributed by atoms with E-state index in [1.54, 1.807) is 7.11 Å². The van der Waals surface area contributed by atoms with Crippen molar-refractivity contribution in [3.05, 3.63) is 0 Å². The molecule has 1 saturated carbocycles. The number of nitrogens with zero attached hydrogens (tertiary/aromatic N) is 1. The molecule has 1 atom stereocenters. The minimum atomic E-state index is -0.729. The van der Waals surface area contributed by atoms with Gasteiger partial charge in [-0.15, -0.1) is 0 Å². The van der Waals surface area contributed by atoms with E-state index >= 15 is 0 Å². The molecule has 0 aliphatic heterocycles. The van der Waals surface area contributed by atoms with Gasteiger partial charge in [-0.3, -0.25) is 4.79 Å². The van der Waals surface area contributed by atoms with Crippen molar-refractivity contribution in [3.8, 4) is 6.07 Å². The van der Waals surface area contributed by atoms with Gasteiger partial charge in [-0.2, -0.15) is 5.26 Å². The third kappa shape index (κ3) is 2.69. The maximum atomic E-state index is 11.7. The van der Waals surface area contributed by atoms with Crippen molar-refractivity contribution in [2.75, 3.05) is 20.3 Å². The molecule has 0 aromatic heterocycles. The number of carbonyl (C=O) groups is 1. The summed E-state index contributed by atoms with van der Waals surface area (Å²) in [6, 6.07) is 2.13. The average Bonchev–Trinajstić information content (AvgIpc) is 2.14. The van der Waals surface area contributed by atoms with E-state index in [0.29, 0.717) is 26.0 Å². The van der Waals surface area contributed by atoms with E-state index in [9.17, 15) is 4.79 Å². The maximum Gasteiger partial charge on any atom is 0.240 e. The van der Waals surface area contributed by atoms with Crippen molar-refractivity contribution in [1.29, 1.82) is 5.26 Å². The van der Waals surface area contributed by atoms with Crippen molar-refractivity contribution >= 4 is 5.91 Å². The lowest BCUT2D eigenvalue weighted by Crippen LogP contribution is -2.46. The summed E-state index contributed by atoms with van der Waals surface area (Å²) in [5.41, 5.74) is -0.729. The maximum absolute atomic E-state index is 11.7. The van der Waals surface area contributed by atoms with Crippen LogP contribution in [0.1, 0.15) is 26.2 Å². The van der Waals surface area contributed by atoms with Gasteiger partial charge in [-0.1, -0.05) is 6.92 Å². The van der Waals surface area contributed by atoms with Gasteiger partial charge in [-0.05, 0) is 25.2 Å². The summed E-state index contributed by atoms with van der Waals surface area (Å²) in [5, 5.41) is 11.8. The van der Waals surface area contributed by atoms with Crippen LogP contribution in [0.25, 0.3) is 0 Å². The van der Waals surface area contributed by atoms with Crippen molar-refractivity contribution in [2.24, 2.45) is 11.3 Å². The average molecular weight is 210 g/mol. The van der Waals surface area contributed by atoms with Crippen LogP contribution in [0.5, 0.6) is 0 Å². The predicted molar refractivity (Wildman–Crippen MR) is 55.9 cm³/mol. The number of nitriles is 1. The Balaban J connectivity index is 2.33. The Labute approximate surface area is 90.6 Å². The van der Waals surface area contributed by atoms with Crippen LogP contribution in [0.4, 0.5) is 0 Å². The quantitative estimate of drug-likeness (QED) is 0.738. The molecule has 0 saturated heterocycles. The fraction of sp³-hybridized carbons (Fsp3) is 0.818. The summed E-state index contributed by atoms with van der Waals surface area (Å²) >= 11 is 0. The lowest BCUT2D eigenvalue weighted by molar-refractivity contribution is -0.132. The van der Waals surface area contributed by atoms with E-state index in [1.807, 2.05) is 6.92 Å². The van der Waals surface area contributed by atoms with Crippen LogP contribution in [0, 0.1) is 22.7 Å². The van der Waals surface area contributed by atoms with E-state index < -0.39 is 5.41 Å². The fourth-order valence-corrected chi connectivity index (χ4v) is 1.70. The van der Waals surface area contributed by atoms with Crippen LogP contribution in [0.2, 0.25) is 0 Å². The third-order valence-corrected chi connectivity index (χ3v) is 2.92. The van der Waals surface area contributed by atoms with Gasteiger partial charge in [-0.25, -0.2) is 0 Å². The monoisotopic (exact) mass is 210 g/mol. The van der Waals surface area contributed by atoms with E-state index in [4.69, 9.17) is 10.00 Å². The lowest BCUT2D eigenvalue weighted by Gasteiger charge is -2.33. The minimum absolute atomic E-state index is 0.112. The third-order valence-electron chi connectivity index (χ3n) is 2.92. The summed E-state index contributed by atoms with van der Waals surface area (Å²) in [4.78, 5) is 11.7. The normalized spacial score (nSPS) is 19.8. The van der Waals surface area contributed by atoms with Crippen molar-refractivity contribution in [1.82, 2.24) is 5.32 Å². The first-order chi connectivity index (χ1) is 7.14. The number of amides is 1. The molecule has 1 fully saturated rings. The Morgan fingerprint density at radius 2 is 2.33 bits per heavy atom. The molecule has 1 unspecified atom stereocenters. The highest BCUT2D eigenvalue weighted by Crippen LogP contribution is 2.40. The summed E-state index contributed by atoms with van der Waals surface area (Å²) in [7, 11) is 1.64. The van der Waals surface area contributed by atoms with Gasteiger partial charge < -0.3 is 10.1 Å². The second kappa shape index (κ2) is 5.13. The number of hydrogen-bond acceptors (Lipinski definition) is 3. The van der Waals surface area contributed by atoms with Crippen molar-refractivity contribution < 1.29 is 9.53 Å². The van der Waals surface area contributed by atoms with Crippen LogP contribution in [0.15, 0.2) is 0 Å². The largest absolute Gasteiger partial charge is 0.384 e.